The number of likely N-dealkylation sites (tertiary alicyclic amines) is 1. The van der Waals surface area contributed by atoms with E-state index in [0.717, 1.165) is 12.8 Å². The highest BCUT2D eigenvalue weighted by molar-refractivity contribution is 5.82. The van der Waals surface area contributed by atoms with Crippen LogP contribution < -0.4 is 11.5 Å². The summed E-state index contributed by atoms with van der Waals surface area (Å²) in [6, 6.07) is -0.486. The molecular weight excluding hydrogens is 218 g/mol. The van der Waals surface area contributed by atoms with Crippen LogP contribution in [0.1, 0.15) is 25.7 Å². The van der Waals surface area contributed by atoms with Crippen LogP contribution in [0.5, 0.6) is 0 Å². The predicted octanol–water partition coefficient (Wildman–Crippen LogP) is 0.00380. The van der Waals surface area contributed by atoms with Gasteiger partial charge in [-0.05, 0) is 25.2 Å². The molecule has 5 heteroatoms. The Kier molecular flexibility index (Phi) is 5.15. The summed E-state index contributed by atoms with van der Waals surface area (Å²) in [5, 5.41) is 0. The summed E-state index contributed by atoms with van der Waals surface area (Å²) < 4.78 is 0. The van der Waals surface area contributed by atoms with E-state index in [1.54, 1.807) is 11.0 Å². The lowest BCUT2D eigenvalue weighted by Crippen LogP contribution is -2.47. The van der Waals surface area contributed by atoms with E-state index in [1.165, 1.54) is 0 Å². The minimum atomic E-state index is -0.486. The zero-order chi connectivity index (χ0) is 12.8. The van der Waals surface area contributed by atoms with Crippen LogP contribution in [-0.4, -0.2) is 35.8 Å². The first-order valence-corrected chi connectivity index (χ1v) is 5.98. The monoisotopic (exact) mass is 239 g/mol. The Bertz CT molecular complexity index is 296. The summed E-state index contributed by atoms with van der Waals surface area (Å²) in [5.41, 5.74) is 10.9. The van der Waals surface area contributed by atoms with Gasteiger partial charge in [0.25, 0.3) is 0 Å². The molecule has 0 aromatic heterocycles. The molecule has 0 saturated carbocycles. The molecule has 1 unspecified atom stereocenters. The third-order valence-corrected chi connectivity index (χ3v) is 3.15. The van der Waals surface area contributed by atoms with E-state index >= 15 is 0 Å². The van der Waals surface area contributed by atoms with Crippen molar-refractivity contribution in [3.63, 3.8) is 0 Å². The maximum absolute atomic E-state index is 11.9. The minimum absolute atomic E-state index is 0.0255. The number of nitrogens with two attached hydrogens (primary N) is 2. The van der Waals surface area contributed by atoms with Gasteiger partial charge in [0.05, 0.1) is 6.04 Å². The Morgan fingerprint density at radius 1 is 1.41 bits per heavy atom. The van der Waals surface area contributed by atoms with Crippen LogP contribution in [0.25, 0.3) is 0 Å². The van der Waals surface area contributed by atoms with E-state index in [4.69, 9.17) is 11.5 Å². The number of piperidine rings is 1. The number of nitrogens with zero attached hydrogens (tertiary/aromatic N) is 1. The van der Waals surface area contributed by atoms with Crippen LogP contribution in [0.4, 0.5) is 0 Å². The van der Waals surface area contributed by atoms with Crippen molar-refractivity contribution in [1.29, 1.82) is 0 Å². The summed E-state index contributed by atoms with van der Waals surface area (Å²) in [7, 11) is 0. The molecule has 1 fully saturated rings. The SMILES string of the molecule is C=CCC(N)C(=O)N1CCC(CC(N)=O)CC1. The number of primary amides is 1. The van der Waals surface area contributed by atoms with Gasteiger partial charge < -0.3 is 16.4 Å². The van der Waals surface area contributed by atoms with Crippen LogP contribution in [0, 0.1) is 5.92 Å². The first-order chi connectivity index (χ1) is 8.04. The number of hydrogen-bond donors (Lipinski definition) is 2. The number of carbonyl (C=O) groups excluding carboxylic acids is 2. The molecule has 96 valence electrons. The zero-order valence-electron chi connectivity index (χ0n) is 10.1. The van der Waals surface area contributed by atoms with Gasteiger partial charge in [0.1, 0.15) is 0 Å². The van der Waals surface area contributed by atoms with E-state index in [2.05, 4.69) is 6.58 Å². The molecule has 0 radical (unpaired) electrons. The van der Waals surface area contributed by atoms with E-state index in [1.807, 2.05) is 0 Å². The molecule has 0 aliphatic carbocycles. The Morgan fingerprint density at radius 2 is 2.00 bits per heavy atom. The predicted molar refractivity (Wildman–Crippen MR) is 65.9 cm³/mol. The van der Waals surface area contributed by atoms with Gasteiger partial charge in [-0.1, -0.05) is 6.08 Å². The largest absolute Gasteiger partial charge is 0.370 e. The minimum Gasteiger partial charge on any atom is -0.370 e. The van der Waals surface area contributed by atoms with Gasteiger partial charge in [-0.15, -0.1) is 6.58 Å². The van der Waals surface area contributed by atoms with Gasteiger partial charge in [0.2, 0.25) is 11.8 Å². The third kappa shape index (κ3) is 4.19. The molecule has 1 aliphatic heterocycles. The maximum Gasteiger partial charge on any atom is 0.239 e. The summed E-state index contributed by atoms with van der Waals surface area (Å²) in [6.45, 7) is 4.91. The molecule has 1 heterocycles. The van der Waals surface area contributed by atoms with Crippen molar-refractivity contribution in [3.8, 4) is 0 Å². The Hall–Kier alpha value is -1.36. The van der Waals surface area contributed by atoms with Crippen molar-refractivity contribution >= 4 is 11.8 Å². The number of hydrogen-bond acceptors (Lipinski definition) is 3. The van der Waals surface area contributed by atoms with E-state index < -0.39 is 6.04 Å². The van der Waals surface area contributed by atoms with Crippen molar-refractivity contribution in [2.45, 2.75) is 31.7 Å². The topological polar surface area (TPSA) is 89.4 Å². The Labute approximate surface area is 102 Å². The van der Waals surface area contributed by atoms with Gasteiger partial charge in [-0.25, -0.2) is 0 Å². The van der Waals surface area contributed by atoms with Crippen molar-refractivity contribution in [2.75, 3.05) is 13.1 Å². The van der Waals surface area contributed by atoms with Crippen molar-refractivity contribution in [2.24, 2.45) is 17.4 Å². The molecule has 0 aromatic rings. The second-order valence-electron chi connectivity index (χ2n) is 4.57. The molecule has 1 atom stereocenters. The molecule has 4 N–H and O–H groups in total. The summed E-state index contributed by atoms with van der Waals surface area (Å²) in [4.78, 5) is 24.4. The molecule has 1 saturated heterocycles. The fourth-order valence-corrected chi connectivity index (χ4v) is 2.16. The van der Waals surface area contributed by atoms with Crippen LogP contribution in [0.2, 0.25) is 0 Å². The average Bonchev–Trinajstić information content (AvgIpc) is 2.28. The molecular formula is C12H21N3O2. The lowest BCUT2D eigenvalue weighted by molar-refractivity contribution is -0.134. The highest BCUT2D eigenvalue weighted by atomic mass is 16.2. The normalized spacial score (nSPS) is 18.8. The number of amides is 2. The van der Waals surface area contributed by atoms with Crippen LogP contribution in [0.15, 0.2) is 12.7 Å². The highest BCUT2D eigenvalue weighted by Crippen LogP contribution is 2.20. The first kappa shape index (κ1) is 13.7. The molecule has 5 nitrogen and oxygen atoms in total. The van der Waals surface area contributed by atoms with E-state index in [0.29, 0.717) is 31.8 Å². The smallest absolute Gasteiger partial charge is 0.239 e. The fourth-order valence-electron chi connectivity index (χ4n) is 2.16. The van der Waals surface area contributed by atoms with Gasteiger partial charge in [-0.3, -0.25) is 9.59 Å². The van der Waals surface area contributed by atoms with E-state index in [-0.39, 0.29) is 11.8 Å². The molecule has 2 amide bonds. The molecule has 0 bridgehead atoms. The third-order valence-electron chi connectivity index (χ3n) is 3.15. The molecule has 1 aliphatic rings. The second kappa shape index (κ2) is 6.39. The number of carbonyl (C=O) groups is 2. The summed E-state index contributed by atoms with van der Waals surface area (Å²) >= 11 is 0. The second-order valence-corrected chi connectivity index (χ2v) is 4.57. The maximum atomic E-state index is 11.9. The zero-order valence-corrected chi connectivity index (χ0v) is 10.1. The Balaban J connectivity index is 2.38. The van der Waals surface area contributed by atoms with Gasteiger partial charge >= 0.3 is 0 Å². The average molecular weight is 239 g/mol. The lowest BCUT2D eigenvalue weighted by Gasteiger charge is -2.33. The summed E-state index contributed by atoms with van der Waals surface area (Å²) in [5.74, 6) is 0.0211. The van der Waals surface area contributed by atoms with Crippen molar-refractivity contribution < 1.29 is 9.59 Å². The first-order valence-electron chi connectivity index (χ1n) is 5.98. The Morgan fingerprint density at radius 3 is 2.47 bits per heavy atom. The number of rotatable bonds is 5. The van der Waals surface area contributed by atoms with Gasteiger partial charge in [0, 0.05) is 19.5 Å². The van der Waals surface area contributed by atoms with Crippen LogP contribution >= 0.6 is 0 Å². The standard InChI is InChI=1S/C12H21N3O2/c1-2-3-10(13)12(17)15-6-4-9(5-7-15)8-11(14)16/h2,9-10H,1,3-8,13H2,(H2,14,16). The molecule has 1 rings (SSSR count). The lowest BCUT2D eigenvalue weighted by atomic mass is 9.93. The van der Waals surface area contributed by atoms with E-state index in [9.17, 15) is 9.59 Å². The van der Waals surface area contributed by atoms with Gasteiger partial charge in [-0.2, -0.15) is 0 Å². The van der Waals surface area contributed by atoms with Crippen LogP contribution in [0.3, 0.4) is 0 Å². The molecule has 0 spiro atoms. The van der Waals surface area contributed by atoms with Crippen molar-refractivity contribution in [1.82, 2.24) is 4.90 Å². The summed E-state index contributed by atoms with van der Waals surface area (Å²) in [6.07, 6.45) is 4.23. The molecule has 17 heavy (non-hydrogen) atoms. The highest BCUT2D eigenvalue weighted by Gasteiger charge is 2.26. The van der Waals surface area contributed by atoms with Crippen LogP contribution in [-0.2, 0) is 9.59 Å². The fraction of sp³-hybridized carbons (Fsp3) is 0.667. The molecule has 0 aromatic carbocycles. The quantitative estimate of drug-likeness (QED) is 0.662. The van der Waals surface area contributed by atoms with Crippen molar-refractivity contribution in [3.05, 3.63) is 12.7 Å². The van der Waals surface area contributed by atoms with Gasteiger partial charge in [0.15, 0.2) is 0 Å².